The molecule has 0 spiro atoms. The predicted octanol–water partition coefficient (Wildman–Crippen LogP) is 2.42. The van der Waals surface area contributed by atoms with Crippen LogP contribution in [0.25, 0.3) is 11.5 Å². The van der Waals surface area contributed by atoms with Crippen LogP contribution in [-0.2, 0) is 11.3 Å². The van der Waals surface area contributed by atoms with E-state index in [4.69, 9.17) is 9.15 Å². The van der Waals surface area contributed by atoms with Gasteiger partial charge < -0.3 is 9.15 Å². The number of likely N-dealkylation sites (tertiary alicyclic amines) is 1. The summed E-state index contributed by atoms with van der Waals surface area (Å²) >= 11 is 0. The Kier molecular flexibility index (Phi) is 4.10. The fourth-order valence-corrected chi connectivity index (χ4v) is 3.17. The maximum Gasteiger partial charge on any atom is 0.226 e. The molecule has 0 radical (unpaired) electrons. The number of aromatic amines is 1. The number of benzene rings is 1. The third-order valence-corrected chi connectivity index (χ3v) is 4.39. The molecular formula is C17H19N5O2. The topological polar surface area (TPSA) is 80.1 Å². The highest BCUT2D eigenvalue weighted by Crippen LogP contribution is 2.32. The molecule has 0 saturated carbocycles. The van der Waals surface area contributed by atoms with Gasteiger partial charge in [-0.05, 0) is 18.6 Å². The average molecular weight is 325 g/mol. The molecule has 0 aliphatic carbocycles. The van der Waals surface area contributed by atoms with Gasteiger partial charge in [0, 0.05) is 25.8 Å². The molecule has 0 unspecified atom stereocenters. The van der Waals surface area contributed by atoms with Gasteiger partial charge in [0.15, 0.2) is 0 Å². The number of H-pyrrole nitrogens is 1. The third kappa shape index (κ3) is 2.95. The Morgan fingerprint density at radius 2 is 2.21 bits per heavy atom. The van der Waals surface area contributed by atoms with Crippen molar-refractivity contribution in [2.45, 2.75) is 25.1 Å². The number of aromatic nitrogens is 4. The first-order valence-electron chi connectivity index (χ1n) is 7.95. The molecule has 3 aromatic rings. The van der Waals surface area contributed by atoms with E-state index < -0.39 is 0 Å². The number of hydrogen-bond donors (Lipinski definition) is 1. The number of ether oxygens (including phenoxy) is 1. The van der Waals surface area contributed by atoms with E-state index in [1.54, 1.807) is 13.4 Å². The zero-order valence-electron chi connectivity index (χ0n) is 13.4. The lowest BCUT2D eigenvalue weighted by atomic mass is 10.2. The van der Waals surface area contributed by atoms with Crippen LogP contribution in [0.1, 0.15) is 24.0 Å². The van der Waals surface area contributed by atoms with Gasteiger partial charge in [0.2, 0.25) is 5.89 Å². The molecule has 7 heteroatoms. The Bertz CT molecular complexity index is 771. The van der Waals surface area contributed by atoms with Crippen LogP contribution in [0.2, 0.25) is 0 Å². The van der Waals surface area contributed by atoms with Gasteiger partial charge in [-0.1, -0.05) is 18.2 Å². The lowest BCUT2D eigenvalue weighted by molar-refractivity contribution is 0.107. The summed E-state index contributed by atoms with van der Waals surface area (Å²) in [6.07, 6.45) is 4.33. The van der Waals surface area contributed by atoms with Crippen LogP contribution in [0.4, 0.5) is 0 Å². The van der Waals surface area contributed by atoms with Gasteiger partial charge in [0.25, 0.3) is 0 Å². The van der Waals surface area contributed by atoms with Crippen molar-refractivity contribution in [1.29, 1.82) is 0 Å². The van der Waals surface area contributed by atoms with Gasteiger partial charge >= 0.3 is 0 Å². The highest BCUT2D eigenvalue weighted by Gasteiger charge is 2.35. The summed E-state index contributed by atoms with van der Waals surface area (Å²) in [5.41, 5.74) is 1.88. The van der Waals surface area contributed by atoms with Gasteiger partial charge in [-0.15, -0.1) is 0 Å². The second-order valence-electron chi connectivity index (χ2n) is 5.92. The molecule has 1 aromatic carbocycles. The first-order chi connectivity index (χ1) is 11.8. The van der Waals surface area contributed by atoms with Crippen LogP contribution in [0.15, 0.2) is 47.3 Å². The van der Waals surface area contributed by atoms with Gasteiger partial charge in [-0.25, -0.2) is 9.97 Å². The second-order valence-corrected chi connectivity index (χ2v) is 5.92. The average Bonchev–Trinajstić information content (AvgIpc) is 3.36. The number of nitrogens with one attached hydrogen (secondary N) is 1. The maximum atomic E-state index is 5.64. The summed E-state index contributed by atoms with van der Waals surface area (Å²) in [5.74, 6) is 1.51. The highest BCUT2D eigenvalue weighted by atomic mass is 16.5. The smallest absolute Gasteiger partial charge is 0.226 e. The highest BCUT2D eigenvalue weighted by molar-refractivity contribution is 5.52. The van der Waals surface area contributed by atoms with Crippen LogP contribution in [0, 0.1) is 0 Å². The zero-order valence-corrected chi connectivity index (χ0v) is 13.4. The number of nitrogens with zero attached hydrogens (tertiary/aromatic N) is 4. The van der Waals surface area contributed by atoms with Gasteiger partial charge in [0.05, 0.1) is 17.8 Å². The number of rotatable bonds is 5. The Labute approximate surface area is 139 Å². The molecule has 2 atom stereocenters. The second kappa shape index (κ2) is 6.54. The molecule has 0 bridgehead atoms. The SMILES string of the molecule is CO[C@@H]1C[C@@H](c2ncn[nH]2)N(Cc2coc(-c3ccccc3)n2)C1. The van der Waals surface area contributed by atoms with Crippen LogP contribution in [0.3, 0.4) is 0 Å². The summed E-state index contributed by atoms with van der Waals surface area (Å²) in [4.78, 5) is 11.2. The lowest BCUT2D eigenvalue weighted by Gasteiger charge is -2.20. The van der Waals surface area contributed by atoms with Crippen molar-refractivity contribution in [3.63, 3.8) is 0 Å². The molecule has 1 aliphatic rings. The molecule has 7 nitrogen and oxygen atoms in total. The van der Waals surface area contributed by atoms with E-state index in [0.29, 0.717) is 12.4 Å². The van der Waals surface area contributed by atoms with E-state index in [1.807, 2.05) is 30.3 Å². The van der Waals surface area contributed by atoms with E-state index in [9.17, 15) is 0 Å². The van der Waals surface area contributed by atoms with Gasteiger partial charge in [-0.3, -0.25) is 10.00 Å². The fourth-order valence-electron chi connectivity index (χ4n) is 3.17. The number of oxazole rings is 1. The van der Waals surface area contributed by atoms with Crippen LogP contribution >= 0.6 is 0 Å². The molecule has 1 N–H and O–H groups in total. The molecule has 0 amide bonds. The quantitative estimate of drug-likeness (QED) is 0.776. The fraction of sp³-hybridized carbons (Fsp3) is 0.353. The van der Waals surface area contributed by atoms with E-state index in [1.165, 1.54) is 6.33 Å². The monoisotopic (exact) mass is 325 g/mol. The standard InChI is InChI=1S/C17H19N5O2/c1-23-14-7-15(16-18-11-19-21-16)22(9-14)8-13-10-24-17(20-13)12-5-3-2-4-6-12/h2-6,10-11,14-15H,7-9H2,1H3,(H,18,19,21)/t14-,15+/m1/s1. The number of methoxy groups -OCH3 is 1. The van der Waals surface area contributed by atoms with Crippen molar-refractivity contribution in [2.24, 2.45) is 0 Å². The van der Waals surface area contributed by atoms with Gasteiger partial charge in [0.1, 0.15) is 18.4 Å². The minimum Gasteiger partial charge on any atom is -0.444 e. The maximum absolute atomic E-state index is 5.64. The van der Waals surface area contributed by atoms with Crippen molar-refractivity contribution in [2.75, 3.05) is 13.7 Å². The van der Waals surface area contributed by atoms with E-state index in [-0.39, 0.29) is 12.1 Å². The molecule has 24 heavy (non-hydrogen) atoms. The van der Waals surface area contributed by atoms with Crippen LogP contribution < -0.4 is 0 Å². The molecule has 1 saturated heterocycles. The molecule has 124 valence electrons. The molecule has 4 rings (SSSR count). The minimum absolute atomic E-state index is 0.148. The van der Waals surface area contributed by atoms with Crippen molar-refractivity contribution >= 4 is 0 Å². The molecule has 3 heterocycles. The largest absolute Gasteiger partial charge is 0.444 e. The van der Waals surface area contributed by atoms with Crippen molar-refractivity contribution < 1.29 is 9.15 Å². The lowest BCUT2D eigenvalue weighted by Crippen LogP contribution is -2.25. The van der Waals surface area contributed by atoms with E-state index in [0.717, 1.165) is 30.0 Å². The molecule has 2 aromatic heterocycles. The van der Waals surface area contributed by atoms with Gasteiger partial charge in [-0.2, -0.15) is 5.10 Å². The zero-order chi connectivity index (χ0) is 16.4. The Balaban J connectivity index is 1.52. The molecule has 1 aliphatic heterocycles. The van der Waals surface area contributed by atoms with Crippen molar-refractivity contribution in [3.8, 4) is 11.5 Å². The van der Waals surface area contributed by atoms with Crippen LogP contribution in [-0.4, -0.2) is 44.8 Å². The van der Waals surface area contributed by atoms with Crippen LogP contribution in [0.5, 0.6) is 0 Å². The predicted molar refractivity (Wildman–Crippen MR) is 86.9 cm³/mol. The summed E-state index contributed by atoms with van der Waals surface area (Å²) < 4.78 is 11.2. The van der Waals surface area contributed by atoms with E-state index in [2.05, 4.69) is 25.1 Å². The molecular weight excluding hydrogens is 306 g/mol. The van der Waals surface area contributed by atoms with E-state index >= 15 is 0 Å². The third-order valence-electron chi connectivity index (χ3n) is 4.39. The summed E-state index contributed by atoms with van der Waals surface area (Å²) in [5, 5.41) is 6.93. The summed E-state index contributed by atoms with van der Waals surface area (Å²) in [7, 11) is 1.75. The first-order valence-corrected chi connectivity index (χ1v) is 7.95. The van der Waals surface area contributed by atoms with Crippen molar-refractivity contribution in [3.05, 3.63) is 54.4 Å². The van der Waals surface area contributed by atoms with Crippen molar-refractivity contribution in [1.82, 2.24) is 25.1 Å². The first kappa shape index (κ1) is 15.0. The Morgan fingerprint density at radius 1 is 1.33 bits per heavy atom. The molecule has 1 fully saturated rings. The Morgan fingerprint density at radius 3 is 2.96 bits per heavy atom. The number of hydrogen-bond acceptors (Lipinski definition) is 6. The Hall–Kier alpha value is -2.51. The minimum atomic E-state index is 0.148. The normalized spacial score (nSPS) is 21.4. The summed E-state index contributed by atoms with van der Waals surface area (Å²) in [6, 6.07) is 10.1. The summed E-state index contributed by atoms with van der Waals surface area (Å²) in [6.45, 7) is 1.51.